The predicted molar refractivity (Wildman–Crippen MR) is 48.3 cm³/mol. The Balaban J connectivity index is 2.91. The molecule has 0 aliphatic carbocycles. The molecule has 0 aliphatic heterocycles. The topological polar surface area (TPSA) is 13.6 Å². The molecule has 1 aromatic carbocycles. The van der Waals surface area contributed by atoms with E-state index in [-0.39, 0.29) is 0 Å². The maximum Gasteiger partial charge on any atom is 0.316 e. The Hall–Kier alpha value is -1.63. The van der Waals surface area contributed by atoms with Gasteiger partial charge in [-0.3, -0.25) is 0 Å². The van der Waals surface area contributed by atoms with Crippen molar-refractivity contribution in [3.8, 4) is 5.75 Å². The molecule has 0 aliphatic rings. The van der Waals surface area contributed by atoms with Gasteiger partial charge in [0.2, 0.25) is 0 Å². The van der Waals surface area contributed by atoms with E-state index in [1.54, 1.807) is 12.1 Å². The highest BCUT2D eigenvalue weighted by Crippen LogP contribution is 2.26. The molecule has 0 radical (unpaired) electrons. The van der Waals surface area contributed by atoms with Crippen LogP contribution in [0.1, 0.15) is 11.6 Å². The van der Waals surface area contributed by atoms with E-state index in [1.165, 1.54) is 19.2 Å². The van der Waals surface area contributed by atoms with Crippen LogP contribution in [0.25, 0.3) is 4.85 Å². The zero-order chi connectivity index (χ0) is 10.6. The quantitative estimate of drug-likeness (QED) is 0.679. The van der Waals surface area contributed by atoms with Crippen LogP contribution < -0.4 is 4.74 Å². The van der Waals surface area contributed by atoms with Crippen LogP contribution in [0.15, 0.2) is 24.3 Å². The van der Waals surface area contributed by atoms with Crippen LogP contribution in [-0.2, 0) is 0 Å². The van der Waals surface area contributed by atoms with Gasteiger partial charge in [-0.15, -0.1) is 0 Å². The first-order valence-corrected chi connectivity index (χ1v) is 3.97. The van der Waals surface area contributed by atoms with E-state index >= 15 is 0 Å². The summed E-state index contributed by atoms with van der Waals surface area (Å²) in [6, 6.07) is 4.72. The Labute approximate surface area is 80.9 Å². The molecule has 1 aromatic rings. The van der Waals surface area contributed by atoms with Gasteiger partial charge in [0.05, 0.1) is 7.11 Å². The van der Waals surface area contributed by atoms with Crippen molar-refractivity contribution in [1.82, 2.24) is 0 Å². The average molecular weight is 197 g/mol. The Morgan fingerprint density at radius 3 is 2.21 bits per heavy atom. The van der Waals surface area contributed by atoms with Gasteiger partial charge in [0.1, 0.15) is 5.75 Å². The van der Waals surface area contributed by atoms with Gasteiger partial charge in [0.15, 0.2) is 0 Å². The standard InChI is InChI=1S/C10H9F2NO/c1-13-9(10(11)12)7-3-5-8(14-2)6-4-7/h3-6,9-10H,2H3. The summed E-state index contributed by atoms with van der Waals surface area (Å²) in [6.07, 6.45) is -2.65. The molecule has 14 heavy (non-hydrogen) atoms. The second kappa shape index (κ2) is 4.56. The summed E-state index contributed by atoms with van der Waals surface area (Å²) in [4.78, 5) is 2.87. The molecule has 0 N–H and O–H groups in total. The minimum atomic E-state index is -2.65. The molecule has 1 unspecified atom stereocenters. The summed E-state index contributed by atoms with van der Waals surface area (Å²) in [5.41, 5.74) is 0.316. The number of benzene rings is 1. The molecule has 0 spiro atoms. The number of hydrogen-bond acceptors (Lipinski definition) is 1. The van der Waals surface area contributed by atoms with Gasteiger partial charge in [-0.2, -0.15) is 0 Å². The molecule has 74 valence electrons. The molecule has 1 atom stereocenters. The third-order valence-corrected chi connectivity index (χ3v) is 1.84. The molecule has 0 amide bonds. The maximum atomic E-state index is 12.3. The smallest absolute Gasteiger partial charge is 0.316 e. The summed E-state index contributed by atoms with van der Waals surface area (Å²) in [6.45, 7) is 6.64. The van der Waals surface area contributed by atoms with E-state index in [0.717, 1.165) is 0 Å². The fourth-order valence-electron chi connectivity index (χ4n) is 1.08. The first-order chi connectivity index (χ1) is 6.69. The van der Waals surface area contributed by atoms with Crippen molar-refractivity contribution in [2.45, 2.75) is 12.5 Å². The molecule has 1 rings (SSSR count). The average Bonchev–Trinajstić information content (AvgIpc) is 2.19. The van der Waals surface area contributed by atoms with E-state index in [2.05, 4.69) is 4.85 Å². The van der Waals surface area contributed by atoms with Crippen molar-refractivity contribution in [2.24, 2.45) is 0 Å². The molecule has 4 heteroatoms. The first-order valence-electron chi connectivity index (χ1n) is 3.97. The minimum Gasteiger partial charge on any atom is -0.497 e. The summed E-state index contributed by atoms with van der Waals surface area (Å²) < 4.78 is 29.5. The largest absolute Gasteiger partial charge is 0.497 e. The summed E-state index contributed by atoms with van der Waals surface area (Å²) in [5.74, 6) is 0.590. The molecule has 0 fully saturated rings. The second-order valence-electron chi connectivity index (χ2n) is 2.68. The lowest BCUT2D eigenvalue weighted by Gasteiger charge is -2.05. The van der Waals surface area contributed by atoms with Crippen molar-refractivity contribution in [2.75, 3.05) is 7.11 Å². The first kappa shape index (κ1) is 10.5. The number of alkyl halides is 2. The van der Waals surface area contributed by atoms with Gasteiger partial charge in [0.25, 0.3) is 0 Å². The number of ether oxygens (including phenoxy) is 1. The van der Waals surface area contributed by atoms with Gasteiger partial charge in [-0.1, -0.05) is 0 Å². The molecular weight excluding hydrogens is 188 g/mol. The molecule has 0 saturated heterocycles. The highest BCUT2D eigenvalue weighted by molar-refractivity contribution is 5.30. The number of nitrogens with zero attached hydrogens (tertiary/aromatic N) is 1. The number of halogens is 2. The maximum absolute atomic E-state index is 12.3. The van der Waals surface area contributed by atoms with E-state index in [1.807, 2.05) is 0 Å². The molecule has 2 nitrogen and oxygen atoms in total. The lowest BCUT2D eigenvalue weighted by Crippen LogP contribution is -2.04. The van der Waals surface area contributed by atoms with E-state index in [0.29, 0.717) is 11.3 Å². The Morgan fingerprint density at radius 2 is 1.86 bits per heavy atom. The summed E-state index contributed by atoms with van der Waals surface area (Å²) in [5, 5.41) is 0. The summed E-state index contributed by atoms with van der Waals surface area (Å²) in [7, 11) is 1.49. The zero-order valence-electron chi connectivity index (χ0n) is 7.58. The Morgan fingerprint density at radius 1 is 1.29 bits per heavy atom. The van der Waals surface area contributed by atoms with Gasteiger partial charge >= 0.3 is 12.5 Å². The highest BCUT2D eigenvalue weighted by Gasteiger charge is 2.27. The van der Waals surface area contributed by atoms with Gasteiger partial charge in [-0.25, -0.2) is 15.4 Å². The zero-order valence-corrected chi connectivity index (χ0v) is 7.58. The molecule has 0 aromatic heterocycles. The van der Waals surface area contributed by atoms with Crippen LogP contribution in [0.2, 0.25) is 0 Å². The van der Waals surface area contributed by atoms with E-state index in [9.17, 15) is 8.78 Å². The normalized spacial score (nSPS) is 12.2. The highest BCUT2D eigenvalue weighted by atomic mass is 19.3. The molecule has 0 saturated carbocycles. The monoisotopic (exact) mass is 197 g/mol. The van der Waals surface area contributed by atoms with Crippen LogP contribution in [0.3, 0.4) is 0 Å². The minimum absolute atomic E-state index is 0.316. The third kappa shape index (κ3) is 2.19. The number of rotatable bonds is 3. The van der Waals surface area contributed by atoms with Crippen LogP contribution in [0, 0.1) is 6.57 Å². The lowest BCUT2D eigenvalue weighted by atomic mass is 10.1. The van der Waals surface area contributed by atoms with Gasteiger partial charge in [0, 0.05) is 5.56 Å². The third-order valence-electron chi connectivity index (χ3n) is 1.84. The summed E-state index contributed by atoms with van der Waals surface area (Å²) >= 11 is 0. The Bertz CT molecular complexity index is 329. The van der Waals surface area contributed by atoms with Crippen LogP contribution >= 0.6 is 0 Å². The molecule has 0 heterocycles. The fourth-order valence-corrected chi connectivity index (χ4v) is 1.08. The lowest BCUT2D eigenvalue weighted by molar-refractivity contribution is 0.130. The van der Waals surface area contributed by atoms with Crippen LogP contribution in [0.4, 0.5) is 8.78 Å². The number of methoxy groups -OCH3 is 1. The van der Waals surface area contributed by atoms with Crippen molar-refractivity contribution < 1.29 is 13.5 Å². The predicted octanol–water partition coefficient (Wildman–Crippen LogP) is 2.92. The van der Waals surface area contributed by atoms with Crippen molar-refractivity contribution in [1.29, 1.82) is 0 Å². The molecular formula is C10H9F2NO. The van der Waals surface area contributed by atoms with Crippen molar-refractivity contribution in [3.63, 3.8) is 0 Å². The van der Waals surface area contributed by atoms with E-state index < -0.39 is 12.5 Å². The Kier molecular flexibility index (Phi) is 3.41. The van der Waals surface area contributed by atoms with Crippen molar-refractivity contribution in [3.05, 3.63) is 41.2 Å². The molecule has 0 bridgehead atoms. The van der Waals surface area contributed by atoms with Crippen molar-refractivity contribution >= 4 is 0 Å². The van der Waals surface area contributed by atoms with Gasteiger partial charge in [-0.05, 0) is 24.3 Å². The van der Waals surface area contributed by atoms with Gasteiger partial charge < -0.3 is 9.58 Å². The van der Waals surface area contributed by atoms with E-state index in [4.69, 9.17) is 11.3 Å². The number of hydrogen-bond donors (Lipinski definition) is 0. The second-order valence-corrected chi connectivity index (χ2v) is 2.68. The SMILES string of the molecule is [C-]#[N+]C(c1ccc(OC)cc1)C(F)F. The van der Waals surface area contributed by atoms with Crippen LogP contribution in [0.5, 0.6) is 5.75 Å². The fraction of sp³-hybridized carbons (Fsp3) is 0.300. The van der Waals surface area contributed by atoms with Crippen LogP contribution in [-0.4, -0.2) is 13.5 Å².